The zero-order valence-corrected chi connectivity index (χ0v) is 15.3. The third kappa shape index (κ3) is 4.03. The van der Waals surface area contributed by atoms with Crippen LogP contribution in [0.5, 0.6) is 5.75 Å². The smallest absolute Gasteiger partial charge is 0.192 e. The lowest BCUT2D eigenvalue weighted by molar-refractivity contribution is 0.102. The first-order valence-corrected chi connectivity index (χ1v) is 9.11. The molecular formula is C20H19N3O2S. The van der Waals surface area contributed by atoms with E-state index in [1.54, 1.807) is 37.5 Å². The van der Waals surface area contributed by atoms with Gasteiger partial charge in [0, 0.05) is 17.7 Å². The monoisotopic (exact) mass is 365 g/mol. The Kier molecular flexibility index (Phi) is 5.86. The summed E-state index contributed by atoms with van der Waals surface area (Å²) < 4.78 is 7.08. The lowest BCUT2D eigenvalue weighted by Crippen LogP contribution is -2.05. The summed E-state index contributed by atoms with van der Waals surface area (Å²) in [5, 5.41) is 9.25. The summed E-state index contributed by atoms with van der Waals surface area (Å²) in [5.41, 5.74) is 1.63. The first kappa shape index (κ1) is 17.9. The standard InChI is InChI=1S/C20H19N3O2S/c1-3-13-23-19(16-7-5-4-6-8-16)21-22-20(23)26-14-18(24)15-9-11-17(25-2)12-10-15/h3-12H,1,13-14H2,2H3. The van der Waals surface area contributed by atoms with Crippen LogP contribution >= 0.6 is 11.8 Å². The molecule has 0 unspecified atom stereocenters. The van der Waals surface area contributed by atoms with Crippen molar-refractivity contribution in [3.63, 3.8) is 0 Å². The molecule has 0 N–H and O–H groups in total. The van der Waals surface area contributed by atoms with Gasteiger partial charge < -0.3 is 4.74 Å². The number of thioether (sulfide) groups is 1. The number of rotatable bonds is 8. The molecule has 0 amide bonds. The summed E-state index contributed by atoms with van der Waals surface area (Å²) in [6.45, 7) is 4.39. The number of ketones is 1. The van der Waals surface area contributed by atoms with Crippen LogP contribution in [0.3, 0.4) is 0 Å². The Bertz CT molecular complexity index is 889. The van der Waals surface area contributed by atoms with E-state index in [1.807, 2.05) is 34.9 Å². The predicted octanol–water partition coefficient (Wildman–Crippen LogP) is 4.11. The van der Waals surface area contributed by atoms with Crippen molar-refractivity contribution < 1.29 is 9.53 Å². The lowest BCUT2D eigenvalue weighted by Gasteiger charge is -2.07. The molecule has 0 fully saturated rings. The molecule has 0 spiro atoms. The minimum Gasteiger partial charge on any atom is -0.497 e. The van der Waals surface area contributed by atoms with Crippen molar-refractivity contribution in [2.45, 2.75) is 11.7 Å². The molecule has 132 valence electrons. The minimum atomic E-state index is 0.0343. The molecule has 1 aromatic heterocycles. The van der Waals surface area contributed by atoms with Crippen LogP contribution < -0.4 is 4.74 Å². The van der Waals surface area contributed by atoms with Crippen LogP contribution in [0.15, 0.2) is 72.4 Å². The van der Waals surface area contributed by atoms with E-state index in [9.17, 15) is 4.79 Å². The molecule has 0 saturated heterocycles. The van der Waals surface area contributed by atoms with Gasteiger partial charge in [-0.25, -0.2) is 0 Å². The van der Waals surface area contributed by atoms with Crippen molar-refractivity contribution in [3.8, 4) is 17.1 Å². The van der Waals surface area contributed by atoms with Crippen molar-refractivity contribution in [2.75, 3.05) is 12.9 Å². The number of carbonyl (C=O) groups excluding carboxylic acids is 1. The molecule has 6 heteroatoms. The molecule has 0 radical (unpaired) electrons. The molecule has 1 heterocycles. The molecule has 0 saturated carbocycles. The Morgan fingerprint density at radius 1 is 1.15 bits per heavy atom. The largest absolute Gasteiger partial charge is 0.497 e. The Balaban J connectivity index is 1.76. The van der Waals surface area contributed by atoms with Crippen molar-refractivity contribution in [1.82, 2.24) is 14.8 Å². The fraction of sp³-hybridized carbons (Fsp3) is 0.150. The second-order valence-electron chi connectivity index (χ2n) is 5.51. The zero-order valence-electron chi connectivity index (χ0n) is 14.5. The van der Waals surface area contributed by atoms with Crippen LogP contribution in [-0.2, 0) is 6.54 Å². The molecule has 0 aliphatic heterocycles. The molecule has 0 aliphatic rings. The number of methoxy groups -OCH3 is 1. The maximum atomic E-state index is 12.4. The first-order valence-electron chi connectivity index (χ1n) is 8.12. The van der Waals surface area contributed by atoms with Crippen LogP contribution in [0, 0.1) is 0 Å². The Labute approximate surface area is 156 Å². The first-order chi connectivity index (χ1) is 12.7. The molecule has 5 nitrogen and oxygen atoms in total. The van der Waals surface area contributed by atoms with Crippen LogP contribution in [0.25, 0.3) is 11.4 Å². The number of Topliss-reactive ketones (excluding diaryl/α,β-unsaturated/α-hetero) is 1. The number of benzene rings is 2. The molecular weight excluding hydrogens is 346 g/mol. The summed E-state index contributed by atoms with van der Waals surface area (Å²) >= 11 is 1.38. The fourth-order valence-electron chi connectivity index (χ4n) is 2.48. The van der Waals surface area contributed by atoms with E-state index in [0.717, 1.165) is 17.1 Å². The maximum absolute atomic E-state index is 12.4. The summed E-state index contributed by atoms with van der Waals surface area (Å²) in [4.78, 5) is 12.4. The SMILES string of the molecule is C=CCn1c(SCC(=O)c2ccc(OC)cc2)nnc1-c1ccccc1. The van der Waals surface area contributed by atoms with Gasteiger partial charge in [-0.1, -0.05) is 48.2 Å². The highest BCUT2D eigenvalue weighted by Crippen LogP contribution is 2.24. The summed E-state index contributed by atoms with van der Waals surface area (Å²) in [6, 6.07) is 17.0. The van der Waals surface area contributed by atoms with Gasteiger partial charge in [0.25, 0.3) is 0 Å². The van der Waals surface area contributed by atoms with E-state index in [4.69, 9.17) is 4.74 Å². The maximum Gasteiger partial charge on any atom is 0.192 e. The summed E-state index contributed by atoms with van der Waals surface area (Å²) in [7, 11) is 1.60. The predicted molar refractivity (Wildman–Crippen MR) is 104 cm³/mol. The molecule has 3 aromatic rings. The number of ether oxygens (including phenoxy) is 1. The number of hydrogen-bond acceptors (Lipinski definition) is 5. The summed E-state index contributed by atoms with van der Waals surface area (Å²) in [5.74, 6) is 1.82. The van der Waals surface area contributed by atoms with Gasteiger partial charge in [-0.3, -0.25) is 9.36 Å². The zero-order chi connectivity index (χ0) is 18.4. The second-order valence-corrected chi connectivity index (χ2v) is 6.45. The molecule has 3 rings (SSSR count). The number of carbonyl (C=O) groups is 1. The van der Waals surface area contributed by atoms with Gasteiger partial charge in [-0.2, -0.15) is 0 Å². The van der Waals surface area contributed by atoms with E-state index in [2.05, 4.69) is 16.8 Å². The van der Waals surface area contributed by atoms with Crippen LogP contribution in [0.1, 0.15) is 10.4 Å². The highest BCUT2D eigenvalue weighted by Gasteiger charge is 2.15. The third-order valence-corrected chi connectivity index (χ3v) is 4.77. The molecule has 0 aliphatic carbocycles. The van der Waals surface area contributed by atoms with Crippen LogP contribution in [0.2, 0.25) is 0 Å². The van der Waals surface area contributed by atoms with Gasteiger partial charge in [0.05, 0.1) is 12.9 Å². The van der Waals surface area contributed by atoms with Gasteiger partial charge in [0.1, 0.15) is 5.75 Å². The molecule has 26 heavy (non-hydrogen) atoms. The van der Waals surface area contributed by atoms with Gasteiger partial charge >= 0.3 is 0 Å². The number of aromatic nitrogens is 3. The lowest BCUT2D eigenvalue weighted by atomic mass is 10.1. The van der Waals surface area contributed by atoms with Gasteiger partial charge in [0.15, 0.2) is 16.8 Å². The highest BCUT2D eigenvalue weighted by atomic mass is 32.2. The van der Waals surface area contributed by atoms with E-state index in [-0.39, 0.29) is 11.5 Å². The molecule has 2 aromatic carbocycles. The fourth-order valence-corrected chi connectivity index (χ4v) is 3.32. The summed E-state index contributed by atoms with van der Waals surface area (Å²) in [6.07, 6.45) is 1.80. The Morgan fingerprint density at radius 3 is 2.54 bits per heavy atom. The quantitative estimate of drug-likeness (QED) is 0.341. The van der Waals surface area contributed by atoms with Crippen molar-refractivity contribution in [1.29, 1.82) is 0 Å². The number of nitrogens with zero attached hydrogens (tertiary/aromatic N) is 3. The minimum absolute atomic E-state index is 0.0343. The topological polar surface area (TPSA) is 57.0 Å². The number of allylic oxidation sites excluding steroid dienone is 1. The van der Waals surface area contributed by atoms with E-state index in [0.29, 0.717) is 17.3 Å². The van der Waals surface area contributed by atoms with Crippen LogP contribution in [-0.4, -0.2) is 33.4 Å². The van der Waals surface area contributed by atoms with E-state index < -0.39 is 0 Å². The van der Waals surface area contributed by atoms with Crippen molar-refractivity contribution >= 4 is 17.5 Å². The van der Waals surface area contributed by atoms with Gasteiger partial charge in [-0.05, 0) is 24.3 Å². The average Bonchev–Trinajstić information content (AvgIpc) is 3.10. The number of hydrogen-bond donors (Lipinski definition) is 0. The van der Waals surface area contributed by atoms with Crippen molar-refractivity contribution in [3.05, 3.63) is 72.8 Å². The highest BCUT2D eigenvalue weighted by molar-refractivity contribution is 7.99. The van der Waals surface area contributed by atoms with Gasteiger partial charge in [-0.15, -0.1) is 16.8 Å². The second kappa shape index (κ2) is 8.49. The Hall–Kier alpha value is -2.86. The normalized spacial score (nSPS) is 10.5. The molecule has 0 atom stereocenters. The van der Waals surface area contributed by atoms with Gasteiger partial charge in [0.2, 0.25) is 0 Å². The van der Waals surface area contributed by atoms with E-state index in [1.165, 1.54) is 11.8 Å². The van der Waals surface area contributed by atoms with Crippen molar-refractivity contribution in [2.24, 2.45) is 0 Å². The Morgan fingerprint density at radius 2 is 1.88 bits per heavy atom. The average molecular weight is 365 g/mol. The third-order valence-electron chi connectivity index (χ3n) is 3.80. The van der Waals surface area contributed by atoms with E-state index >= 15 is 0 Å². The van der Waals surface area contributed by atoms with Crippen LogP contribution in [0.4, 0.5) is 0 Å². The molecule has 0 bridgehead atoms.